The molecule has 2 N–H and O–H groups in total. The molecule has 0 bridgehead atoms. The minimum Gasteiger partial charge on any atom is -0.396 e. The molecule has 1 aliphatic rings. The van der Waals surface area contributed by atoms with Gasteiger partial charge in [-0.2, -0.15) is 5.10 Å². The van der Waals surface area contributed by atoms with E-state index in [0.29, 0.717) is 11.7 Å². The number of anilines is 1. The molecule has 90 valence electrons. The van der Waals surface area contributed by atoms with Crippen LogP contribution in [0, 0.1) is 0 Å². The Labute approximate surface area is 102 Å². The number of aryl methyl sites for hydroxylation is 1. The average molecular weight is 251 g/mol. The summed E-state index contributed by atoms with van der Waals surface area (Å²) < 4.78 is 3.75. The SMILES string of the molecule is Nc1cnn(CCSc2nnnn2C2CC2)c1. The van der Waals surface area contributed by atoms with Crippen molar-refractivity contribution in [2.24, 2.45) is 0 Å². The molecule has 17 heavy (non-hydrogen) atoms. The van der Waals surface area contributed by atoms with Gasteiger partial charge < -0.3 is 5.73 Å². The van der Waals surface area contributed by atoms with Crippen LogP contribution in [0.2, 0.25) is 0 Å². The molecule has 0 saturated heterocycles. The van der Waals surface area contributed by atoms with Gasteiger partial charge in [-0.1, -0.05) is 11.8 Å². The molecule has 1 fully saturated rings. The Bertz CT molecular complexity index is 501. The predicted octanol–water partition coefficient (Wildman–Crippen LogP) is 0.579. The highest BCUT2D eigenvalue weighted by Gasteiger charge is 2.27. The van der Waals surface area contributed by atoms with Crippen molar-refractivity contribution >= 4 is 17.4 Å². The monoisotopic (exact) mass is 251 g/mol. The third-order valence-electron chi connectivity index (χ3n) is 2.56. The molecular formula is C9H13N7S. The minimum atomic E-state index is 0.521. The first-order valence-electron chi connectivity index (χ1n) is 5.51. The second-order valence-electron chi connectivity index (χ2n) is 4.02. The zero-order valence-corrected chi connectivity index (χ0v) is 10.0. The van der Waals surface area contributed by atoms with E-state index in [9.17, 15) is 0 Å². The van der Waals surface area contributed by atoms with Gasteiger partial charge >= 0.3 is 0 Å². The molecule has 1 aliphatic carbocycles. The largest absolute Gasteiger partial charge is 0.396 e. The lowest BCUT2D eigenvalue weighted by Gasteiger charge is -2.02. The van der Waals surface area contributed by atoms with Gasteiger partial charge in [0, 0.05) is 11.9 Å². The topological polar surface area (TPSA) is 87.4 Å². The van der Waals surface area contributed by atoms with Gasteiger partial charge in [0.2, 0.25) is 5.16 Å². The van der Waals surface area contributed by atoms with Crippen LogP contribution in [-0.4, -0.2) is 35.7 Å². The third kappa shape index (κ3) is 2.41. The van der Waals surface area contributed by atoms with Gasteiger partial charge in [0.25, 0.3) is 0 Å². The van der Waals surface area contributed by atoms with E-state index in [-0.39, 0.29) is 0 Å². The molecular weight excluding hydrogens is 238 g/mol. The molecule has 0 spiro atoms. The van der Waals surface area contributed by atoms with Crippen molar-refractivity contribution in [2.75, 3.05) is 11.5 Å². The molecule has 0 amide bonds. The number of hydrogen-bond acceptors (Lipinski definition) is 6. The normalized spacial score (nSPS) is 15.3. The van der Waals surface area contributed by atoms with E-state index < -0.39 is 0 Å². The summed E-state index contributed by atoms with van der Waals surface area (Å²) in [6, 6.07) is 0.521. The number of aromatic nitrogens is 6. The first-order chi connectivity index (χ1) is 8.33. The van der Waals surface area contributed by atoms with E-state index in [1.54, 1.807) is 18.0 Å². The number of thioether (sulfide) groups is 1. The number of nitrogens with zero attached hydrogens (tertiary/aromatic N) is 6. The zero-order valence-electron chi connectivity index (χ0n) is 9.23. The Morgan fingerprint density at radius 2 is 2.35 bits per heavy atom. The van der Waals surface area contributed by atoms with Gasteiger partial charge in [-0.05, 0) is 23.3 Å². The van der Waals surface area contributed by atoms with Crippen molar-refractivity contribution < 1.29 is 0 Å². The summed E-state index contributed by atoms with van der Waals surface area (Å²) in [5.74, 6) is 0.883. The van der Waals surface area contributed by atoms with Crippen LogP contribution >= 0.6 is 11.8 Å². The lowest BCUT2D eigenvalue weighted by molar-refractivity contribution is 0.564. The van der Waals surface area contributed by atoms with Gasteiger partial charge in [0.15, 0.2) is 0 Å². The zero-order chi connectivity index (χ0) is 11.7. The van der Waals surface area contributed by atoms with E-state index in [1.165, 1.54) is 12.8 Å². The summed E-state index contributed by atoms with van der Waals surface area (Å²) in [7, 11) is 0. The van der Waals surface area contributed by atoms with Crippen LogP contribution in [0.4, 0.5) is 5.69 Å². The van der Waals surface area contributed by atoms with Crippen LogP contribution in [0.5, 0.6) is 0 Å². The molecule has 7 nitrogen and oxygen atoms in total. The molecule has 1 saturated carbocycles. The maximum absolute atomic E-state index is 5.59. The molecule has 0 aromatic carbocycles. The number of tetrazole rings is 1. The van der Waals surface area contributed by atoms with Crippen LogP contribution in [0.15, 0.2) is 17.6 Å². The molecule has 0 aliphatic heterocycles. The van der Waals surface area contributed by atoms with Crippen LogP contribution < -0.4 is 5.73 Å². The Morgan fingerprint density at radius 1 is 1.47 bits per heavy atom. The quantitative estimate of drug-likeness (QED) is 0.782. The van der Waals surface area contributed by atoms with Gasteiger partial charge in [-0.15, -0.1) is 5.10 Å². The lowest BCUT2D eigenvalue weighted by Crippen LogP contribution is -2.03. The summed E-state index contributed by atoms with van der Waals surface area (Å²) in [5, 5.41) is 16.8. The van der Waals surface area contributed by atoms with Gasteiger partial charge in [-0.3, -0.25) is 4.68 Å². The molecule has 8 heteroatoms. The van der Waals surface area contributed by atoms with Gasteiger partial charge in [-0.25, -0.2) is 4.68 Å². The summed E-state index contributed by atoms with van der Waals surface area (Å²) >= 11 is 1.65. The van der Waals surface area contributed by atoms with E-state index in [2.05, 4.69) is 20.6 Å². The van der Waals surface area contributed by atoms with E-state index in [0.717, 1.165) is 17.5 Å². The smallest absolute Gasteiger partial charge is 0.209 e. The van der Waals surface area contributed by atoms with Crippen molar-refractivity contribution in [3.8, 4) is 0 Å². The summed E-state index contributed by atoms with van der Waals surface area (Å²) in [5.41, 5.74) is 6.28. The Balaban J connectivity index is 1.55. The predicted molar refractivity (Wildman–Crippen MR) is 63.5 cm³/mol. The van der Waals surface area contributed by atoms with Crippen molar-refractivity contribution in [3.63, 3.8) is 0 Å². The Kier molecular flexibility index (Phi) is 2.71. The maximum Gasteiger partial charge on any atom is 0.209 e. The standard InChI is InChI=1S/C9H13N7S/c10-7-5-11-15(6-7)3-4-17-9-12-13-14-16(9)8-1-2-8/h5-6,8H,1-4,10H2. The Hall–Kier alpha value is -1.57. The van der Waals surface area contributed by atoms with Crippen molar-refractivity contribution in [2.45, 2.75) is 30.6 Å². The lowest BCUT2D eigenvalue weighted by atomic mass is 10.6. The molecule has 0 radical (unpaired) electrons. The Morgan fingerprint density at radius 3 is 3.06 bits per heavy atom. The van der Waals surface area contributed by atoms with Crippen LogP contribution in [0.3, 0.4) is 0 Å². The van der Waals surface area contributed by atoms with E-state index in [4.69, 9.17) is 5.73 Å². The first kappa shape index (κ1) is 10.6. The maximum atomic E-state index is 5.59. The average Bonchev–Trinajstić information content (AvgIpc) is 2.92. The van der Waals surface area contributed by atoms with Crippen molar-refractivity contribution in [3.05, 3.63) is 12.4 Å². The highest BCUT2D eigenvalue weighted by molar-refractivity contribution is 7.99. The molecule has 2 aromatic heterocycles. The molecule has 2 aromatic rings. The fraction of sp³-hybridized carbons (Fsp3) is 0.556. The summed E-state index contributed by atoms with van der Waals surface area (Å²) in [6.07, 6.45) is 5.85. The number of nitrogens with two attached hydrogens (primary N) is 1. The van der Waals surface area contributed by atoms with Gasteiger partial charge in [0.1, 0.15) is 0 Å². The van der Waals surface area contributed by atoms with Crippen molar-refractivity contribution in [1.29, 1.82) is 0 Å². The molecule has 0 atom stereocenters. The second kappa shape index (κ2) is 4.36. The molecule has 3 rings (SSSR count). The first-order valence-corrected chi connectivity index (χ1v) is 6.50. The summed E-state index contributed by atoms with van der Waals surface area (Å²) in [6.45, 7) is 0.805. The number of rotatable bonds is 5. The fourth-order valence-corrected chi connectivity index (χ4v) is 2.43. The number of nitrogen functional groups attached to an aromatic ring is 1. The highest BCUT2D eigenvalue weighted by atomic mass is 32.2. The highest BCUT2D eigenvalue weighted by Crippen LogP contribution is 2.36. The number of hydrogen-bond donors (Lipinski definition) is 1. The summed E-state index contributed by atoms with van der Waals surface area (Å²) in [4.78, 5) is 0. The van der Waals surface area contributed by atoms with Crippen molar-refractivity contribution in [1.82, 2.24) is 30.0 Å². The van der Waals surface area contributed by atoms with Gasteiger partial charge in [0.05, 0.1) is 24.5 Å². The molecule has 2 heterocycles. The molecule has 0 unspecified atom stereocenters. The second-order valence-corrected chi connectivity index (χ2v) is 5.08. The van der Waals surface area contributed by atoms with Crippen LogP contribution in [0.1, 0.15) is 18.9 Å². The van der Waals surface area contributed by atoms with E-state index >= 15 is 0 Å². The fourth-order valence-electron chi connectivity index (χ4n) is 1.56. The third-order valence-corrected chi connectivity index (χ3v) is 3.47. The van der Waals surface area contributed by atoms with E-state index in [1.807, 2.05) is 15.6 Å². The van der Waals surface area contributed by atoms with Crippen LogP contribution in [0.25, 0.3) is 0 Å². The minimum absolute atomic E-state index is 0.521. The van der Waals surface area contributed by atoms with Crippen LogP contribution in [-0.2, 0) is 6.54 Å².